The Balaban J connectivity index is 2.03. The van der Waals surface area contributed by atoms with Crippen LogP contribution in [0.3, 0.4) is 0 Å². The fourth-order valence-electron chi connectivity index (χ4n) is 12.4. The molecule has 4 rings (SSSR count). The largest absolute Gasteiger partial charge is 0.481 e. The van der Waals surface area contributed by atoms with Crippen molar-refractivity contribution in [3.63, 3.8) is 0 Å². The van der Waals surface area contributed by atoms with Crippen molar-refractivity contribution < 1.29 is 103 Å². The van der Waals surface area contributed by atoms with Gasteiger partial charge in [0.1, 0.15) is 66.5 Å². The molecule has 13 amide bonds. The normalized spacial score (nSPS) is 23.5. The highest BCUT2D eigenvalue weighted by atomic mass is 16.4. The van der Waals surface area contributed by atoms with Crippen LogP contribution in [0.15, 0.2) is 70.8 Å². The topological polar surface area (TPSA) is 658 Å². The Morgan fingerprint density at radius 3 is 1.46 bits per heavy atom. The fourth-order valence-corrected chi connectivity index (χ4v) is 12.4. The number of carbonyl (C=O) groups excluding carboxylic acids is 13. The Kier molecular flexibility index (Phi) is 39.3. The number of carboxylic acids is 2. The number of H-pyrrole nitrogens is 1. The van der Waals surface area contributed by atoms with Crippen LogP contribution in [-0.2, 0) is 84.8 Å². The minimum atomic E-state index is -2.41. The number of nitrogens with zero attached hydrogens (tertiary/aromatic N) is 3. The summed E-state index contributed by atoms with van der Waals surface area (Å²) in [5.74, 6) is -21.3. The van der Waals surface area contributed by atoms with Crippen LogP contribution >= 0.6 is 0 Å². The number of aromatic nitrogens is 1. The zero-order valence-electron chi connectivity index (χ0n) is 65.3. The molecule has 0 saturated carbocycles. The van der Waals surface area contributed by atoms with Crippen molar-refractivity contribution >= 4 is 112 Å². The second-order valence-electron chi connectivity index (χ2n) is 29.0. The first-order chi connectivity index (χ1) is 53.7. The molecule has 15 atom stereocenters. The summed E-state index contributed by atoms with van der Waals surface area (Å²) in [6, 6.07) is -5.77. The number of aliphatic carboxylic acids is 2. The predicted molar refractivity (Wildman–Crippen MR) is 413 cm³/mol. The zero-order chi connectivity index (χ0) is 85.2. The molecule has 1 aliphatic heterocycles. The number of benzene rings is 2. The standard InChI is InChI=1S/C74H113N19O21/c1-9-39(6)59-70(112)92-60(40(7)95)72(114)93(56(99)33-44(97)29-37(2)3)61(41(8)96)71(113)87-48(22-16-28-80-74(77)78)64(106)90-54(36-94)62(104)82-35-55(98)83-52(31-42-17-11-10-12-18-42)68(110)88-51(30-38(4)5)67(109)84-47(21-15-27-79-73(75)76)63(105)85-49(23-25-57(100)101)65(107)86-50(24-26-58(102)103)66(108)89-53(69(111)91-59)32-43-34-81-46-20-14-13-19-45(43)46/h10-14,17-20,34,37-41,44,47-54,59-61,81,94-97H,9,15-16,21-33,35-36H2,1-8H3,(H,82,104)(H,83,98)(H,84,109)(H,85,105)(H,86,107)(H,87,113)(H,88,110)(H,89,108)(H,90,106)(H,91,111)(H,92,112)(H,100,101)(H,102,103)(H4,75,76,79)(H4,77,78,80). The number of amides is 13. The average Bonchev–Trinajstić information content (AvgIpc) is 1.15. The molecule has 0 spiro atoms. The second kappa shape index (κ2) is 47.2. The van der Waals surface area contributed by atoms with Crippen molar-refractivity contribution in [1.29, 1.82) is 0 Å². The number of hydrogen-bond acceptors (Lipinski definition) is 21. The van der Waals surface area contributed by atoms with E-state index in [1.807, 2.05) is 0 Å². The summed E-state index contributed by atoms with van der Waals surface area (Å²) >= 11 is 0. The van der Waals surface area contributed by atoms with E-state index in [1.54, 1.807) is 89.2 Å². The van der Waals surface area contributed by atoms with Gasteiger partial charge < -0.3 is 117 Å². The fraction of sp³-hybridized carbons (Fsp3) is 0.581. The minimum absolute atomic E-state index is 0.0516. The van der Waals surface area contributed by atoms with Gasteiger partial charge in [-0.3, -0.25) is 86.8 Å². The van der Waals surface area contributed by atoms with E-state index in [0.29, 0.717) is 22.0 Å². The van der Waals surface area contributed by atoms with Crippen LogP contribution in [0.4, 0.5) is 0 Å². The Morgan fingerprint density at radius 1 is 0.509 bits per heavy atom. The zero-order valence-corrected chi connectivity index (χ0v) is 65.3. The summed E-state index contributed by atoms with van der Waals surface area (Å²) in [4.78, 5) is 227. The number of rotatable bonds is 29. The number of para-hydroxylation sites is 1. The van der Waals surface area contributed by atoms with E-state index < -0.39 is 243 Å². The van der Waals surface area contributed by atoms with E-state index in [-0.39, 0.29) is 80.8 Å². The lowest BCUT2D eigenvalue weighted by molar-refractivity contribution is -0.160. The molecule has 630 valence electrons. The number of aliphatic imine (C=N–C) groups is 2. The molecule has 26 N–H and O–H groups in total. The molecule has 2 aromatic carbocycles. The highest BCUT2D eigenvalue weighted by molar-refractivity contribution is 6.06. The first kappa shape index (κ1) is 95.0. The number of nitrogens with one attached hydrogen (secondary N) is 12. The molecule has 0 radical (unpaired) electrons. The molecule has 114 heavy (non-hydrogen) atoms. The molecular formula is C74H113N19O21. The maximum Gasteiger partial charge on any atom is 0.303 e. The minimum Gasteiger partial charge on any atom is -0.481 e. The summed E-state index contributed by atoms with van der Waals surface area (Å²) < 4.78 is 0. The molecular weight excluding hydrogens is 1490 g/mol. The number of imide groups is 1. The number of guanidine groups is 2. The summed E-state index contributed by atoms with van der Waals surface area (Å²) in [7, 11) is 0. The van der Waals surface area contributed by atoms with Crippen molar-refractivity contribution in [1.82, 2.24) is 68.4 Å². The number of nitrogens with two attached hydrogens (primary N) is 4. The Morgan fingerprint density at radius 2 is 0.965 bits per heavy atom. The summed E-state index contributed by atoms with van der Waals surface area (Å²) in [6.07, 6.45) is -9.95. The molecule has 1 aromatic heterocycles. The van der Waals surface area contributed by atoms with Gasteiger partial charge in [-0.2, -0.15) is 0 Å². The maximum atomic E-state index is 15.4. The number of aromatic amines is 1. The van der Waals surface area contributed by atoms with Gasteiger partial charge in [0.05, 0.1) is 37.9 Å². The van der Waals surface area contributed by atoms with Crippen molar-refractivity contribution in [2.75, 3.05) is 26.2 Å². The smallest absolute Gasteiger partial charge is 0.303 e. The first-order valence-corrected chi connectivity index (χ1v) is 37.7. The van der Waals surface area contributed by atoms with Crippen LogP contribution in [0, 0.1) is 17.8 Å². The lowest BCUT2D eigenvalue weighted by atomic mass is 9.96. The molecule has 0 aliphatic carbocycles. The quantitative estimate of drug-likeness (QED) is 0.0176. The molecule has 40 nitrogen and oxygen atoms in total. The number of fused-ring (bicyclic) bond motifs is 1. The Bertz CT molecular complexity index is 3860. The molecule has 1 saturated heterocycles. The monoisotopic (exact) mass is 1600 g/mol. The van der Waals surface area contributed by atoms with Crippen molar-refractivity contribution in [2.24, 2.45) is 50.7 Å². The molecule has 0 bridgehead atoms. The van der Waals surface area contributed by atoms with Crippen LogP contribution in [-0.4, -0.2) is 252 Å². The molecule has 15 unspecified atom stereocenters. The maximum absolute atomic E-state index is 15.4. The van der Waals surface area contributed by atoms with Gasteiger partial charge >= 0.3 is 11.9 Å². The molecule has 1 aliphatic rings. The molecule has 1 fully saturated rings. The van der Waals surface area contributed by atoms with Gasteiger partial charge in [-0.05, 0) is 100 Å². The van der Waals surface area contributed by atoms with E-state index in [0.717, 1.165) is 13.8 Å². The van der Waals surface area contributed by atoms with Crippen LogP contribution in [0.1, 0.15) is 144 Å². The van der Waals surface area contributed by atoms with Gasteiger partial charge in [0.15, 0.2) is 11.9 Å². The van der Waals surface area contributed by atoms with E-state index in [9.17, 15) is 88.2 Å². The van der Waals surface area contributed by atoms with E-state index in [4.69, 9.17) is 22.9 Å². The van der Waals surface area contributed by atoms with Crippen LogP contribution in [0.5, 0.6) is 0 Å². The number of hydrogen-bond donors (Lipinski definition) is 22. The third-order valence-corrected chi connectivity index (χ3v) is 18.5. The average molecular weight is 1600 g/mol. The summed E-state index contributed by atoms with van der Waals surface area (Å²) in [5.41, 5.74) is 23.7. The number of aliphatic hydroxyl groups is 4. The van der Waals surface area contributed by atoms with Crippen molar-refractivity contribution in [3.8, 4) is 0 Å². The predicted octanol–water partition coefficient (Wildman–Crippen LogP) is -4.87. The summed E-state index contributed by atoms with van der Waals surface area (Å²) in [6.45, 7) is 9.35. The van der Waals surface area contributed by atoms with E-state index in [1.165, 1.54) is 13.1 Å². The lowest BCUT2D eigenvalue weighted by Gasteiger charge is -2.36. The Hall–Kier alpha value is -11.4. The van der Waals surface area contributed by atoms with Crippen LogP contribution < -0.4 is 81.4 Å². The number of aliphatic hydroxyl groups excluding tert-OH is 4. The lowest BCUT2D eigenvalue weighted by Crippen LogP contribution is -2.66. The molecule has 40 heteroatoms. The number of carbonyl (C=O) groups is 15. The third-order valence-electron chi connectivity index (χ3n) is 18.5. The van der Waals surface area contributed by atoms with Crippen molar-refractivity contribution in [2.45, 2.75) is 230 Å². The van der Waals surface area contributed by atoms with E-state index in [2.05, 4.69) is 73.5 Å². The van der Waals surface area contributed by atoms with Gasteiger partial charge in [-0.1, -0.05) is 96.5 Å². The number of carboxylic acid groups (broad SMARTS) is 2. The first-order valence-electron chi connectivity index (χ1n) is 37.7. The molecule has 3 aromatic rings. The third kappa shape index (κ3) is 31.6. The van der Waals surface area contributed by atoms with Gasteiger partial charge in [0.25, 0.3) is 5.91 Å². The van der Waals surface area contributed by atoms with E-state index >= 15 is 14.4 Å². The van der Waals surface area contributed by atoms with Gasteiger partial charge in [-0.15, -0.1) is 0 Å². The van der Waals surface area contributed by atoms with Crippen LogP contribution in [0.2, 0.25) is 0 Å². The highest BCUT2D eigenvalue weighted by Crippen LogP contribution is 2.23. The molecule has 2 heterocycles. The van der Waals surface area contributed by atoms with Crippen LogP contribution in [0.25, 0.3) is 10.9 Å². The van der Waals surface area contributed by atoms with Gasteiger partial charge in [0.2, 0.25) is 70.9 Å². The van der Waals surface area contributed by atoms with Crippen molar-refractivity contribution in [3.05, 3.63) is 71.9 Å². The van der Waals surface area contributed by atoms with Gasteiger partial charge in [0, 0.05) is 55.9 Å². The Labute approximate surface area is 658 Å². The van der Waals surface area contributed by atoms with Gasteiger partial charge in [-0.25, -0.2) is 0 Å². The SMILES string of the molecule is CCC(C)C1NC(=O)C(Cc2c[nH]c3ccccc23)NC(=O)C(CCC(=O)O)NC(=O)C(CCC(=O)O)NC(=O)C(CCCN=C(N)N)NC(=O)C(CC(C)C)NC(=O)C(Cc2ccccc2)NC(=O)CNC(=O)C(CO)NC(=O)C(CCCN=C(N)N)NC(=O)C(C(C)O)N(C(=O)CC(O)CC(C)C)C(=O)C(C(C)O)NC1=O. The second-order valence-corrected chi connectivity index (χ2v) is 29.0. The highest BCUT2D eigenvalue weighted by Gasteiger charge is 2.46. The summed E-state index contributed by atoms with van der Waals surface area (Å²) in [5, 5.41) is 92.3.